The summed E-state index contributed by atoms with van der Waals surface area (Å²) < 4.78 is 18.8. The molecule has 3 heteroatoms. The fraction of sp³-hybridized carbons (Fsp3) is 0.167. The van der Waals surface area contributed by atoms with E-state index in [1.807, 2.05) is 0 Å². The summed E-state index contributed by atoms with van der Waals surface area (Å²) >= 11 is 0. The lowest BCUT2D eigenvalue weighted by atomic mass is 10.0. The molecule has 0 spiro atoms. The van der Waals surface area contributed by atoms with Gasteiger partial charge >= 0.3 is 0 Å². The van der Waals surface area contributed by atoms with Crippen LogP contribution in [0.1, 0.15) is 12.5 Å². The van der Waals surface area contributed by atoms with Gasteiger partial charge in [-0.1, -0.05) is 6.58 Å². The molecule has 1 heterocycles. The maximum atomic E-state index is 13.6. The van der Waals surface area contributed by atoms with E-state index in [-0.39, 0.29) is 11.9 Å². The Bertz CT molecular complexity index is 513. The number of rotatable bonds is 2. The lowest BCUT2D eigenvalue weighted by Gasteiger charge is -2.10. The van der Waals surface area contributed by atoms with Gasteiger partial charge in [0.05, 0.1) is 6.26 Å². The van der Waals surface area contributed by atoms with Crippen molar-refractivity contribution in [3.05, 3.63) is 42.4 Å². The zero-order chi connectivity index (χ0) is 11.0. The third kappa shape index (κ3) is 1.66. The Hall–Kier alpha value is -1.61. The molecule has 1 unspecified atom stereocenters. The van der Waals surface area contributed by atoms with Crippen LogP contribution in [0.5, 0.6) is 0 Å². The third-order valence-electron chi connectivity index (χ3n) is 2.44. The van der Waals surface area contributed by atoms with Gasteiger partial charge in [0, 0.05) is 17.0 Å². The molecule has 0 aliphatic heterocycles. The van der Waals surface area contributed by atoms with E-state index in [1.165, 1.54) is 12.3 Å². The first kappa shape index (κ1) is 9.93. The fourth-order valence-electron chi connectivity index (χ4n) is 1.47. The molecule has 0 fully saturated rings. The zero-order valence-electron chi connectivity index (χ0n) is 8.46. The summed E-state index contributed by atoms with van der Waals surface area (Å²) in [6, 6.07) is 4.52. The first-order chi connectivity index (χ1) is 7.09. The summed E-state index contributed by atoms with van der Waals surface area (Å²) in [6.07, 6.45) is 1.53. The predicted molar refractivity (Wildman–Crippen MR) is 58.9 cm³/mol. The smallest absolute Gasteiger partial charge is 0.134 e. The number of hydrogen-bond donors (Lipinski definition) is 1. The van der Waals surface area contributed by atoms with Crippen LogP contribution >= 0.6 is 0 Å². The van der Waals surface area contributed by atoms with E-state index in [0.717, 1.165) is 5.39 Å². The number of benzene rings is 1. The summed E-state index contributed by atoms with van der Waals surface area (Å²) in [7, 11) is 0. The molecule has 2 nitrogen and oxygen atoms in total. The Kier molecular flexibility index (Phi) is 2.32. The molecular weight excluding hydrogens is 193 g/mol. The number of hydrogen-bond acceptors (Lipinski definition) is 2. The van der Waals surface area contributed by atoms with E-state index in [1.54, 1.807) is 19.1 Å². The van der Waals surface area contributed by atoms with Crippen molar-refractivity contribution in [3.63, 3.8) is 0 Å². The molecule has 2 aromatic rings. The second-order valence-electron chi connectivity index (χ2n) is 3.60. The van der Waals surface area contributed by atoms with E-state index in [9.17, 15) is 4.39 Å². The Balaban J connectivity index is 2.60. The van der Waals surface area contributed by atoms with E-state index in [4.69, 9.17) is 10.2 Å². The van der Waals surface area contributed by atoms with E-state index < -0.39 is 0 Å². The molecule has 1 aromatic heterocycles. The summed E-state index contributed by atoms with van der Waals surface area (Å²) in [4.78, 5) is 0. The molecule has 0 saturated carbocycles. The van der Waals surface area contributed by atoms with E-state index >= 15 is 0 Å². The van der Waals surface area contributed by atoms with Crippen molar-refractivity contribution in [3.8, 4) is 0 Å². The van der Waals surface area contributed by atoms with Gasteiger partial charge in [-0.15, -0.1) is 0 Å². The quantitative estimate of drug-likeness (QED) is 0.818. The monoisotopic (exact) mass is 205 g/mol. The molecule has 0 bridgehead atoms. The Morgan fingerprint density at radius 3 is 2.93 bits per heavy atom. The molecule has 0 aliphatic rings. The Morgan fingerprint density at radius 2 is 2.27 bits per heavy atom. The predicted octanol–water partition coefficient (Wildman–Crippen LogP) is 2.93. The highest BCUT2D eigenvalue weighted by molar-refractivity contribution is 5.82. The molecular formula is C12H12FNO. The molecule has 78 valence electrons. The summed E-state index contributed by atoms with van der Waals surface area (Å²) in [5.74, 6) is -0.314. The minimum absolute atomic E-state index is 0.271. The molecule has 0 aliphatic carbocycles. The van der Waals surface area contributed by atoms with Crippen molar-refractivity contribution < 1.29 is 8.81 Å². The van der Waals surface area contributed by atoms with Crippen molar-refractivity contribution in [2.45, 2.75) is 13.0 Å². The summed E-state index contributed by atoms with van der Waals surface area (Å²) in [5, 5.41) is 0.744. The molecule has 0 radical (unpaired) electrons. The zero-order valence-corrected chi connectivity index (χ0v) is 8.46. The average Bonchev–Trinajstić information content (AvgIpc) is 2.62. The maximum Gasteiger partial charge on any atom is 0.134 e. The molecule has 1 atom stereocenters. The highest BCUT2D eigenvalue weighted by atomic mass is 19.1. The highest BCUT2D eigenvalue weighted by Crippen LogP contribution is 2.25. The first-order valence-electron chi connectivity index (χ1n) is 4.71. The minimum atomic E-state index is -0.314. The molecule has 0 saturated heterocycles. The van der Waals surface area contributed by atoms with Gasteiger partial charge in [0.2, 0.25) is 0 Å². The van der Waals surface area contributed by atoms with Gasteiger partial charge in [0.25, 0.3) is 0 Å². The van der Waals surface area contributed by atoms with Crippen LogP contribution in [0.3, 0.4) is 0 Å². The second-order valence-corrected chi connectivity index (χ2v) is 3.60. The summed E-state index contributed by atoms with van der Waals surface area (Å²) in [6.45, 7) is 5.54. The van der Waals surface area contributed by atoms with Crippen LogP contribution in [0.2, 0.25) is 0 Å². The molecule has 0 amide bonds. The van der Waals surface area contributed by atoms with Crippen LogP contribution in [0, 0.1) is 5.82 Å². The van der Waals surface area contributed by atoms with Gasteiger partial charge < -0.3 is 10.2 Å². The maximum absolute atomic E-state index is 13.6. The van der Waals surface area contributed by atoms with E-state index in [0.29, 0.717) is 16.7 Å². The number of nitrogens with two attached hydrogens (primary N) is 1. The highest BCUT2D eigenvalue weighted by Gasteiger charge is 2.12. The van der Waals surface area contributed by atoms with Crippen LogP contribution in [-0.4, -0.2) is 6.04 Å². The standard InChI is InChI=1S/C12H12FNO/c1-7(8(2)14)10-6-12-9(3-4-15-12)5-11(10)13/h3-6,8H,1,14H2,2H3. The lowest BCUT2D eigenvalue weighted by molar-refractivity contribution is 0.607. The van der Waals surface area contributed by atoms with Crippen molar-refractivity contribution in [2.75, 3.05) is 0 Å². The fourth-order valence-corrected chi connectivity index (χ4v) is 1.47. The molecule has 15 heavy (non-hydrogen) atoms. The minimum Gasteiger partial charge on any atom is -0.464 e. The van der Waals surface area contributed by atoms with Crippen LogP contribution in [-0.2, 0) is 0 Å². The van der Waals surface area contributed by atoms with Crippen molar-refractivity contribution in [2.24, 2.45) is 5.73 Å². The van der Waals surface area contributed by atoms with Gasteiger partial charge in [0.15, 0.2) is 0 Å². The van der Waals surface area contributed by atoms with Crippen LogP contribution in [0.15, 0.2) is 35.5 Å². The van der Waals surface area contributed by atoms with Crippen molar-refractivity contribution >= 4 is 16.5 Å². The molecule has 1 aromatic carbocycles. The van der Waals surface area contributed by atoms with Gasteiger partial charge in [-0.25, -0.2) is 4.39 Å². The van der Waals surface area contributed by atoms with Crippen LogP contribution in [0.25, 0.3) is 16.5 Å². The van der Waals surface area contributed by atoms with Gasteiger partial charge in [0.1, 0.15) is 11.4 Å². The normalized spacial score (nSPS) is 13.0. The van der Waals surface area contributed by atoms with Gasteiger partial charge in [-0.2, -0.15) is 0 Å². The van der Waals surface area contributed by atoms with Crippen molar-refractivity contribution in [1.82, 2.24) is 0 Å². The van der Waals surface area contributed by atoms with Crippen LogP contribution < -0.4 is 5.73 Å². The van der Waals surface area contributed by atoms with E-state index in [2.05, 4.69) is 6.58 Å². The SMILES string of the molecule is C=C(c1cc2occc2cc1F)C(C)N. The number of fused-ring (bicyclic) bond motifs is 1. The average molecular weight is 205 g/mol. The van der Waals surface area contributed by atoms with Gasteiger partial charge in [-0.3, -0.25) is 0 Å². The third-order valence-corrected chi connectivity index (χ3v) is 2.44. The topological polar surface area (TPSA) is 39.2 Å². The lowest BCUT2D eigenvalue weighted by Crippen LogP contribution is -2.16. The number of furan rings is 1. The Labute approximate surface area is 87.2 Å². The van der Waals surface area contributed by atoms with Gasteiger partial charge in [-0.05, 0) is 30.7 Å². The second kappa shape index (κ2) is 3.51. The number of halogens is 1. The molecule has 2 rings (SSSR count). The van der Waals surface area contributed by atoms with Crippen LogP contribution in [0.4, 0.5) is 4.39 Å². The largest absolute Gasteiger partial charge is 0.464 e. The first-order valence-corrected chi connectivity index (χ1v) is 4.71. The van der Waals surface area contributed by atoms with Crippen molar-refractivity contribution in [1.29, 1.82) is 0 Å². The molecule has 2 N–H and O–H groups in total. The summed E-state index contributed by atoms with van der Waals surface area (Å²) in [5.41, 5.74) is 7.30. The Morgan fingerprint density at radius 1 is 1.53 bits per heavy atom.